The van der Waals surface area contributed by atoms with E-state index in [1.54, 1.807) is 25.1 Å². The molecular formula is C19H22N2O4S. The largest absolute Gasteiger partial charge is 0.455 e. The maximum absolute atomic E-state index is 12.7. The van der Waals surface area contributed by atoms with Gasteiger partial charge in [-0.3, -0.25) is 4.79 Å². The molecule has 1 heterocycles. The summed E-state index contributed by atoms with van der Waals surface area (Å²) in [5.41, 5.74) is 0.516. The van der Waals surface area contributed by atoms with Crippen LogP contribution in [0.3, 0.4) is 0 Å². The zero-order chi connectivity index (χ0) is 18.6. The van der Waals surface area contributed by atoms with Crippen molar-refractivity contribution in [1.82, 2.24) is 4.31 Å². The van der Waals surface area contributed by atoms with Gasteiger partial charge < -0.3 is 10.1 Å². The Labute approximate surface area is 153 Å². The van der Waals surface area contributed by atoms with Gasteiger partial charge in [-0.2, -0.15) is 4.31 Å². The molecule has 0 unspecified atom stereocenters. The van der Waals surface area contributed by atoms with Gasteiger partial charge in [-0.1, -0.05) is 30.3 Å². The molecule has 2 aromatic carbocycles. The highest BCUT2D eigenvalue weighted by molar-refractivity contribution is 7.89. The summed E-state index contributed by atoms with van der Waals surface area (Å²) in [6, 6.07) is 15.7. The van der Waals surface area contributed by atoms with Crippen molar-refractivity contribution < 1.29 is 17.9 Å². The monoisotopic (exact) mass is 374 g/mol. The van der Waals surface area contributed by atoms with Crippen LogP contribution in [0.5, 0.6) is 11.5 Å². The molecule has 0 saturated carbocycles. The summed E-state index contributed by atoms with van der Waals surface area (Å²) >= 11 is 0. The average molecular weight is 374 g/mol. The first kappa shape index (κ1) is 18.4. The summed E-state index contributed by atoms with van der Waals surface area (Å²) in [6.45, 7) is 1.97. The van der Waals surface area contributed by atoms with Crippen LogP contribution in [-0.2, 0) is 14.8 Å². The van der Waals surface area contributed by atoms with E-state index in [4.69, 9.17) is 4.74 Å². The Hall–Kier alpha value is -2.38. The number of rotatable bonds is 6. The maximum atomic E-state index is 12.7. The minimum absolute atomic E-state index is 0.00944. The van der Waals surface area contributed by atoms with Crippen molar-refractivity contribution in [2.24, 2.45) is 0 Å². The fraction of sp³-hybridized carbons (Fsp3) is 0.316. The van der Waals surface area contributed by atoms with E-state index in [0.29, 0.717) is 36.6 Å². The molecule has 1 aliphatic rings. The van der Waals surface area contributed by atoms with Crippen molar-refractivity contribution in [3.63, 3.8) is 0 Å². The van der Waals surface area contributed by atoms with E-state index in [1.165, 1.54) is 4.31 Å². The minimum atomic E-state index is -3.40. The molecule has 6 nitrogen and oxygen atoms in total. The Morgan fingerprint density at radius 1 is 1.15 bits per heavy atom. The van der Waals surface area contributed by atoms with Gasteiger partial charge >= 0.3 is 0 Å². The number of benzene rings is 2. The van der Waals surface area contributed by atoms with Crippen molar-refractivity contribution in [2.75, 3.05) is 17.6 Å². The molecule has 0 aromatic heterocycles. The summed E-state index contributed by atoms with van der Waals surface area (Å²) in [4.78, 5) is 12.7. The lowest BCUT2D eigenvalue weighted by atomic mass is 10.2. The Kier molecular flexibility index (Phi) is 5.58. The van der Waals surface area contributed by atoms with E-state index >= 15 is 0 Å². The van der Waals surface area contributed by atoms with Crippen LogP contribution in [-0.4, -0.2) is 37.0 Å². The average Bonchev–Trinajstić information content (AvgIpc) is 3.15. The number of carbonyl (C=O) groups is 1. The van der Waals surface area contributed by atoms with Crippen LogP contribution < -0.4 is 10.1 Å². The molecule has 1 aliphatic heterocycles. The highest BCUT2D eigenvalue weighted by Gasteiger charge is 2.37. The summed E-state index contributed by atoms with van der Waals surface area (Å²) in [5.74, 6) is 0.827. The van der Waals surface area contributed by atoms with Gasteiger partial charge in [0.05, 0.1) is 11.4 Å². The summed E-state index contributed by atoms with van der Waals surface area (Å²) in [6.07, 6.45) is 1.20. The SMILES string of the molecule is CCS(=O)(=O)N1CCC[C@@H]1C(=O)Nc1ccccc1Oc1ccccc1. The molecule has 1 fully saturated rings. The van der Waals surface area contributed by atoms with E-state index in [-0.39, 0.29) is 11.7 Å². The van der Waals surface area contributed by atoms with Crippen LogP contribution in [0, 0.1) is 0 Å². The number of amides is 1. The summed E-state index contributed by atoms with van der Waals surface area (Å²) < 4.78 is 31.5. The van der Waals surface area contributed by atoms with Crippen molar-refractivity contribution in [3.8, 4) is 11.5 Å². The number of nitrogens with one attached hydrogen (secondary N) is 1. The number of hydrogen-bond acceptors (Lipinski definition) is 4. The second-order valence-corrected chi connectivity index (χ2v) is 8.28. The second kappa shape index (κ2) is 7.88. The van der Waals surface area contributed by atoms with Crippen LogP contribution in [0.1, 0.15) is 19.8 Å². The molecule has 138 valence electrons. The maximum Gasteiger partial charge on any atom is 0.242 e. The Morgan fingerprint density at radius 2 is 1.85 bits per heavy atom. The highest BCUT2D eigenvalue weighted by atomic mass is 32.2. The molecule has 1 N–H and O–H groups in total. The third-order valence-corrected chi connectivity index (χ3v) is 6.23. The number of para-hydroxylation sites is 3. The highest BCUT2D eigenvalue weighted by Crippen LogP contribution is 2.30. The molecular weight excluding hydrogens is 352 g/mol. The van der Waals surface area contributed by atoms with Crippen molar-refractivity contribution in [2.45, 2.75) is 25.8 Å². The van der Waals surface area contributed by atoms with E-state index in [0.717, 1.165) is 0 Å². The van der Waals surface area contributed by atoms with Crippen LogP contribution in [0.25, 0.3) is 0 Å². The van der Waals surface area contributed by atoms with Crippen molar-refractivity contribution in [3.05, 3.63) is 54.6 Å². The van der Waals surface area contributed by atoms with Gasteiger partial charge in [0.2, 0.25) is 15.9 Å². The Bertz CT molecular complexity index is 868. The van der Waals surface area contributed by atoms with Gasteiger partial charge in [-0.25, -0.2) is 8.42 Å². The predicted octanol–water partition coefficient (Wildman–Crippen LogP) is 3.23. The first-order valence-corrected chi connectivity index (χ1v) is 10.2. The zero-order valence-corrected chi connectivity index (χ0v) is 15.4. The molecule has 0 aliphatic carbocycles. The minimum Gasteiger partial charge on any atom is -0.455 e. The standard InChI is InChI=1S/C19H22N2O4S/c1-2-26(23,24)21-14-8-12-17(21)19(22)20-16-11-6-7-13-18(16)25-15-9-4-3-5-10-15/h3-7,9-11,13,17H,2,8,12,14H2,1H3,(H,20,22)/t17-/m1/s1. The molecule has 0 radical (unpaired) electrons. The van der Waals surface area contributed by atoms with Crippen molar-refractivity contribution in [1.29, 1.82) is 0 Å². The lowest BCUT2D eigenvalue weighted by molar-refractivity contribution is -0.119. The summed E-state index contributed by atoms with van der Waals surface area (Å²) in [5, 5.41) is 2.83. The molecule has 26 heavy (non-hydrogen) atoms. The number of anilines is 1. The Balaban J connectivity index is 1.78. The molecule has 0 spiro atoms. The van der Waals surface area contributed by atoms with Gasteiger partial charge in [0.1, 0.15) is 11.8 Å². The van der Waals surface area contributed by atoms with Gasteiger partial charge in [0, 0.05) is 6.54 Å². The van der Waals surface area contributed by atoms with Gasteiger partial charge in [0.15, 0.2) is 5.75 Å². The van der Waals surface area contributed by atoms with Gasteiger partial charge in [-0.05, 0) is 44.0 Å². The van der Waals surface area contributed by atoms with Crippen molar-refractivity contribution >= 4 is 21.6 Å². The predicted molar refractivity (Wildman–Crippen MR) is 101 cm³/mol. The van der Waals surface area contributed by atoms with Crippen LogP contribution in [0.4, 0.5) is 5.69 Å². The smallest absolute Gasteiger partial charge is 0.242 e. The normalized spacial score (nSPS) is 17.8. The molecule has 7 heteroatoms. The van der Waals surface area contributed by atoms with E-state index < -0.39 is 16.1 Å². The first-order chi connectivity index (χ1) is 12.5. The van der Waals surface area contributed by atoms with Crippen LogP contribution in [0.2, 0.25) is 0 Å². The topological polar surface area (TPSA) is 75.7 Å². The van der Waals surface area contributed by atoms with E-state index in [9.17, 15) is 13.2 Å². The molecule has 1 saturated heterocycles. The number of nitrogens with zero attached hydrogens (tertiary/aromatic N) is 1. The molecule has 1 atom stereocenters. The van der Waals surface area contributed by atoms with Crippen LogP contribution >= 0.6 is 0 Å². The molecule has 0 bridgehead atoms. The second-order valence-electron chi connectivity index (χ2n) is 6.07. The third-order valence-electron chi connectivity index (χ3n) is 4.34. The van der Waals surface area contributed by atoms with E-state index in [2.05, 4.69) is 5.32 Å². The third kappa shape index (κ3) is 4.05. The first-order valence-electron chi connectivity index (χ1n) is 8.63. The summed E-state index contributed by atoms with van der Waals surface area (Å²) in [7, 11) is -3.40. The molecule has 1 amide bonds. The fourth-order valence-electron chi connectivity index (χ4n) is 2.99. The van der Waals surface area contributed by atoms with Gasteiger partial charge in [0.25, 0.3) is 0 Å². The number of sulfonamides is 1. The lowest BCUT2D eigenvalue weighted by Gasteiger charge is -2.23. The number of ether oxygens (including phenoxy) is 1. The fourth-order valence-corrected chi connectivity index (χ4v) is 4.32. The van der Waals surface area contributed by atoms with E-state index in [1.807, 2.05) is 36.4 Å². The number of carbonyl (C=O) groups excluding carboxylic acids is 1. The molecule has 3 rings (SSSR count). The Morgan fingerprint density at radius 3 is 2.58 bits per heavy atom. The van der Waals surface area contributed by atoms with Gasteiger partial charge in [-0.15, -0.1) is 0 Å². The lowest BCUT2D eigenvalue weighted by Crippen LogP contribution is -2.43. The zero-order valence-electron chi connectivity index (χ0n) is 14.6. The molecule has 2 aromatic rings. The van der Waals surface area contributed by atoms with Crippen LogP contribution in [0.15, 0.2) is 54.6 Å². The number of hydrogen-bond donors (Lipinski definition) is 1. The quantitative estimate of drug-likeness (QED) is 0.842.